The van der Waals surface area contributed by atoms with E-state index in [1.807, 2.05) is 0 Å². The quantitative estimate of drug-likeness (QED) is 0.577. The van der Waals surface area contributed by atoms with Crippen LogP contribution in [0.4, 0.5) is 20.4 Å². The molecule has 2 aromatic heterocycles. The number of hydrogen-bond donors (Lipinski definition) is 1. The van der Waals surface area contributed by atoms with Crippen molar-refractivity contribution in [3.8, 4) is 17.1 Å². The largest absolute Gasteiger partial charge is 0.487 e. The molecule has 0 atom stereocenters. The van der Waals surface area contributed by atoms with Gasteiger partial charge < -0.3 is 19.9 Å². The molecule has 3 aromatic rings. The summed E-state index contributed by atoms with van der Waals surface area (Å²) in [5.41, 5.74) is 2.82. The summed E-state index contributed by atoms with van der Waals surface area (Å²) >= 11 is 0. The van der Waals surface area contributed by atoms with Gasteiger partial charge in [-0.25, -0.2) is 23.7 Å². The SMILES string of the molecule is CNc1cncc(-c2nc3c(nc2N2CCC(Oc4ccc(F)cc4F)CC2)CCN(C(C)=O)C3)n1. The first kappa shape index (κ1) is 23.8. The van der Waals surface area contributed by atoms with E-state index in [9.17, 15) is 13.6 Å². The maximum absolute atomic E-state index is 14.1. The van der Waals surface area contributed by atoms with Crippen LogP contribution in [0.2, 0.25) is 0 Å². The molecule has 0 aliphatic carbocycles. The number of piperidine rings is 1. The van der Waals surface area contributed by atoms with Crippen LogP contribution in [-0.2, 0) is 17.8 Å². The van der Waals surface area contributed by atoms with Gasteiger partial charge in [-0.1, -0.05) is 0 Å². The summed E-state index contributed by atoms with van der Waals surface area (Å²) in [5, 5.41) is 3.00. The summed E-state index contributed by atoms with van der Waals surface area (Å²) in [5.74, 6) is 0.0340. The Kier molecular flexibility index (Phi) is 6.62. The molecule has 11 heteroatoms. The van der Waals surface area contributed by atoms with Gasteiger partial charge in [0, 0.05) is 58.9 Å². The summed E-state index contributed by atoms with van der Waals surface area (Å²) in [6, 6.07) is 3.34. The average molecular weight is 496 g/mol. The van der Waals surface area contributed by atoms with Crippen LogP contribution in [-0.4, -0.2) is 63.5 Å². The number of carbonyl (C=O) groups excluding carboxylic acids is 1. The van der Waals surface area contributed by atoms with Gasteiger partial charge in [-0.05, 0) is 12.1 Å². The Morgan fingerprint density at radius 3 is 2.61 bits per heavy atom. The van der Waals surface area contributed by atoms with Gasteiger partial charge in [-0.15, -0.1) is 0 Å². The number of rotatable bonds is 5. The minimum absolute atomic E-state index is 0.00436. The Bertz CT molecular complexity index is 1280. The van der Waals surface area contributed by atoms with Gasteiger partial charge in [0.25, 0.3) is 0 Å². The molecule has 1 N–H and O–H groups in total. The number of benzene rings is 1. The molecule has 1 aromatic carbocycles. The molecule has 4 heterocycles. The van der Waals surface area contributed by atoms with Crippen molar-refractivity contribution in [1.82, 2.24) is 24.8 Å². The molecule has 0 spiro atoms. The molecule has 1 amide bonds. The first-order chi connectivity index (χ1) is 17.4. The maximum Gasteiger partial charge on any atom is 0.219 e. The highest BCUT2D eigenvalue weighted by Crippen LogP contribution is 2.32. The van der Waals surface area contributed by atoms with E-state index in [2.05, 4.69) is 20.2 Å². The first-order valence-corrected chi connectivity index (χ1v) is 11.9. The first-order valence-electron chi connectivity index (χ1n) is 11.9. The molecule has 5 rings (SSSR count). The molecule has 2 aliphatic heterocycles. The number of halogens is 2. The zero-order valence-corrected chi connectivity index (χ0v) is 20.2. The number of fused-ring (bicyclic) bond motifs is 1. The topological polar surface area (TPSA) is 96.4 Å². The van der Waals surface area contributed by atoms with Crippen LogP contribution in [0.1, 0.15) is 31.2 Å². The summed E-state index contributed by atoms with van der Waals surface area (Å²) in [4.78, 5) is 34.7. The van der Waals surface area contributed by atoms with Crippen molar-refractivity contribution < 1.29 is 18.3 Å². The Balaban J connectivity index is 1.41. The van der Waals surface area contributed by atoms with Crippen LogP contribution in [0.15, 0.2) is 30.6 Å². The molecule has 1 saturated heterocycles. The van der Waals surface area contributed by atoms with Crippen LogP contribution in [0.3, 0.4) is 0 Å². The average Bonchev–Trinajstić information content (AvgIpc) is 2.89. The molecule has 0 saturated carbocycles. The Morgan fingerprint density at radius 2 is 1.89 bits per heavy atom. The van der Waals surface area contributed by atoms with Crippen LogP contribution in [0.25, 0.3) is 11.4 Å². The van der Waals surface area contributed by atoms with E-state index in [0.29, 0.717) is 68.5 Å². The van der Waals surface area contributed by atoms with Crippen LogP contribution >= 0.6 is 0 Å². The Morgan fingerprint density at radius 1 is 1.08 bits per heavy atom. The molecule has 188 valence electrons. The molecule has 0 radical (unpaired) electrons. The second kappa shape index (κ2) is 10.00. The van der Waals surface area contributed by atoms with Gasteiger partial charge in [-0.2, -0.15) is 0 Å². The smallest absolute Gasteiger partial charge is 0.219 e. The van der Waals surface area contributed by atoms with E-state index in [4.69, 9.17) is 14.7 Å². The summed E-state index contributed by atoms with van der Waals surface area (Å²) in [6.45, 7) is 3.80. The number of aromatic nitrogens is 4. The molecule has 2 aliphatic rings. The van der Waals surface area contributed by atoms with Gasteiger partial charge in [0.15, 0.2) is 17.4 Å². The number of ether oxygens (including phenoxy) is 1. The standard InChI is InChI=1S/C25H27F2N7O2/c1-15(35)34-10-7-19-21(14-34)31-24(20-12-29-13-23(28-2)30-20)25(32-19)33-8-5-17(6-9-33)36-22-4-3-16(26)11-18(22)27/h3-4,11-13,17H,5-10,14H2,1-2H3,(H,28,30). The predicted molar refractivity (Wildman–Crippen MR) is 130 cm³/mol. The van der Waals surface area contributed by atoms with Gasteiger partial charge in [-0.3, -0.25) is 9.78 Å². The van der Waals surface area contributed by atoms with Gasteiger partial charge in [0.2, 0.25) is 5.91 Å². The van der Waals surface area contributed by atoms with Crippen molar-refractivity contribution >= 4 is 17.5 Å². The van der Waals surface area contributed by atoms with E-state index in [1.165, 1.54) is 12.1 Å². The van der Waals surface area contributed by atoms with E-state index in [1.54, 1.807) is 31.3 Å². The Hall–Kier alpha value is -3.89. The lowest BCUT2D eigenvalue weighted by atomic mass is 10.1. The van der Waals surface area contributed by atoms with Gasteiger partial charge in [0.1, 0.15) is 29.1 Å². The van der Waals surface area contributed by atoms with E-state index in [-0.39, 0.29) is 17.8 Å². The molecule has 9 nitrogen and oxygen atoms in total. The number of anilines is 2. The van der Waals surface area contributed by atoms with Gasteiger partial charge >= 0.3 is 0 Å². The molecule has 1 fully saturated rings. The number of amides is 1. The molecule has 0 bridgehead atoms. The summed E-state index contributed by atoms with van der Waals surface area (Å²) in [6.07, 6.45) is 4.97. The minimum Gasteiger partial charge on any atom is -0.487 e. The van der Waals surface area contributed by atoms with Crippen molar-refractivity contribution in [2.24, 2.45) is 0 Å². The molecular weight excluding hydrogens is 468 g/mol. The molecular formula is C25H27F2N7O2. The second-order valence-electron chi connectivity index (χ2n) is 8.90. The van der Waals surface area contributed by atoms with Crippen molar-refractivity contribution in [3.05, 3.63) is 53.6 Å². The predicted octanol–water partition coefficient (Wildman–Crippen LogP) is 3.21. The number of carbonyl (C=O) groups is 1. The van der Waals surface area contributed by atoms with Crippen molar-refractivity contribution in [2.45, 2.75) is 38.8 Å². The van der Waals surface area contributed by atoms with Crippen molar-refractivity contribution in [1.29, 1.82) is 0 Å². The van der Waals surface area contributed by atoms with E-state index >= 15 is 0 Å². The maximum atomic E-state index is 14.1. The second-order valence-corrected chi connectivity index (χ2v) is 8.90. The lowest BCUT2D eigenvalue weighted by Crippen LogP contribution is -2.40. The van der Waals surface area contributed by atoms with Crippen molar-refractivity contribution in [3.63, 3.8) is 0 Å². The lowest BCUT2D eigenvalue weighted by Gasteiger charge is -2.35. The number of nitrogens with zero attached hydrogens (tertiary/aromatic N) is 6. The molecule has 0 unspecified atom stereocenters. The minimum atomic E-state index is -0.706. The number of nitrogens with one attached hydrogen (secondary N) is 1. The normalized spacial score (nSPS) is 16.0. The molecule has 36 heavy (non-hydrogen) atoms. The van der Waals surface area contributed by atoms with Crippen LogP contribution < -0.4 is 15.0 Å². The van der Waals surface area contributed by atoms with Crippen LogP contribution in [0.5, 0.6) is 5.75 Å². The summed E-state index contributed by atoms with van der Waals surface area (Å²) in [7, 11) is 1.77. The lowest BCUT2D eigenvalue weighted by molar-refractivity contribution is -0.129. The fourth-order valence-corrected chi connectivity index (χ4v) is 4.52. The van der Waals surface area contributed by atoms with Crippen molar-refractivity contribution in [2.75, 3.05) is 36.9 Å². The van der Waals surface area contributed by atoms with E-state index < -0.39 is 11.6 Å². The van der Waals surface area contributed by atoms with E-state index in [0.717, 1.165) is 17.5 Å². The Labute approximate surface area is 207 Å². The fraction of sp³-hybridized carbons (Fsp3) is 0.400. The fourth-order valence-electron chi connectivity index (χ4n) is 4.52. The third kappa shape index (κ3) is 4.91. The highest BCUT2D eigenvalue weighted by atomic mass is 19.1. The highest BCUT2D eigenvalue weighted by Gasteiger charge is 2.29. The zero-order chi connectivity index (χ0) is 25.2. The third-order valence-corrected chi connectivity index (χ3v) is 6.50. The van der Waals surface area contributed by atoms with Crippen LogP contribution in [0, 0.1) is 11.6 Å². The number of hydrogen-bond acceptors (Lipinski definition) is 8. The monoisotopic (exact) mass is 495 g/mol. The zero-order valence-electron chi connectivity index (χ0n) is 20.2. The highest BCUT2D eigenvalue weighted by molar-refractivity contribution is 5.74. The third-order valence-electron chi connectivity index (χ3n) is 6.50. The summed E-state index contributed by atoms with van der Waals surface area (Å²) < 4.78 is 33.1. The van der Waals surface area contributed by atoms with Gasteiger partial charge in [0.05, 0.1) is 30.3 Å².